The number of alkyl halides is 1. The third-order valence-electron chi connectivity index (χ3n) is 0.942. The van der Waals surface area contributed by atoms with Crippen LogP contribution < -0.4 is 0 Å². The van der Waals surface area contributed by atoms with E-state index in [1.54, 1.807) is 11.3 Å². The quantitative estimate of drug-likeness (QED) is 0.674. The molecule has 1 rings (SSSR count). The summed E-state index contributed by atoms with van der Waals surface area (Å²) in [6, 6.07) is 0. The average molecular weight is 204 g/mol. The first-order valence-corrected chi connectivity index (χ1v) is 4.47. The van der Waals surface area contributed by atoms with Gasteiger partial charge in [-0.05, 0) is 5.57 Å². The van der Waals surface area contributed by atoms with Gasteiger partial charge in [-0.2, -0.15) is 0 Å². The molecule has 0 N–H and O–H groups in total. The van der Waals surface area contributed by atoms with Gasteiger partial charge in [0.2, 0.25) is 0 Å². The lowest BCUT2D eigenvalue weighted by atomic mass is 10.3. The van der Waals surface area contributed by atoms with Gasteiger partial charge in [0.15, 0.2) is 0 Å². The fraction of sp³-hybridized carbons (Fsp3) is 0.167. The van der Waals surface area contributed by atoms with Crippen molar-refractivity contribution >= 4 is 32.8 Å². The van der Waals surface area contributed by atoms with Crippen molar-refractivity contribution in [2.45, 2.75) is 0 Å². The predicted octanol–water partition coefficient (Wildman–Crippen LogP) is 2.55. The van der Waals surface area contributed by atoms with E-state index in [0.717, 1.165) is 15.8 Å². The van der Waals surface area contributed by atoms with Crippen LogP contribution in [0.5, 0.6) is 0 Å². The Hall–Kier alpha value is -0.150. The van der Waals surface area contributed by atoms with Crippen molar-refractivity contribution in [3.8, 4) is 0 Å². The van der Waals surface area contributed by atoms with Crippen LogP contribution in [0.1, 0.15) is 4.88 Å². The lowest BCUT2D eigenvalue weighted by Crippen LogP contribution is -1.74. The minimum atomic E-state index is 0.829. The Kier molecular flexibility index (Phi) is 2.42. The highest BCUT2D eigenvalue weighted by Gasteiger charge is 1.95. The first-order valence-electron chi connectivity index (χ1n) is 2.47. The van der Waals surface area contributed by atoms with Crippen LogP contribution in [-0.2, 0) is 0 Å². The Labute approximate surface area is 66.6 Å². The van der Waals surface area contributed by atoms with Crippen LogP contribution in [-0.4, -0.2) is 10.3 Å². The van der Waals surface area contributed by atoms with E-state index in [-0.39, 0.29) is 0 Å². The maximum Gasteiger partial charge on any atom is 0.0797 e. The van der Waals surface area contributed by atoms with Crippen LogP contribution in [0.15, 0.2) is 18.3 Å². The first kappa shape index (κ1) is 6.96. The van der Waals surface area contributed by atoms with Gasteiger partial charge in [-0.3, -0.25) is 4.98 Å². The molecule has 1 aromatic rings. The molecule has 0 radical (unpaired) electrons. The second kappa shape index (κ2) is 3.13. The van der Waals surface area contributed by atoms with E-state index in [4.69, 9.17) is 0 Å². The van der Waals surface area contributed by atoms with Crippen LogP contribution in [0.2, 0.25) is 0 Å². The summed E-state index contributed by atoms with van der Waals surface area (Å²) in [7, 11) is 0. The summed E-state index contributed by atoms with van der Waals surface area (Å²) < 4.78 is 0. The van der Waals surface area contributed by atoms with Gasteiger partial charge in [0.1, 0.15) is 0 Å². The lowest BCUT2D eigenvalue weighted by Gasteiger charge is -1.91. The van der Waals surface area contributed by atoms with Gasteiger partial charge in [0, 0.05) is 11.5 Å². The van der Waals surface area contributed by atoms with Gasteiger partial charge in [0.05, 0.1) is 10.4 Å². The molecule has 3 heteroatoms. The van der Waals surface area contributed by atoms with Gasteiger partial charge in [-0.1, -0.05) is 22.5 Å². The van der Waals surface area contributed by atoms with Crippen LogP contribution in [0.25, 0.3) is 5.57 Å². The molecule has 48 valence electrons. The molecule has 0 unspecified atom stereocenters. The Balaban J connectivity index is 2.77. The second-order valence-electron chi connectivity index (χ2n) is 1.60. The largest absolute Gasteiger partial charge is 0.253 e. The molecule has 0 aliphatic heterocycles. The van der Waals surface area contributed by atoms with Crippen molar-refractivity contribution in [1.29, 1.82) is 0 Å². The Bertz CT molecular complexity index is 193. The maximum absolute atomic E-state index is 3.93. The minimum absolute atomic E-state index is 0.829. The number of hydrogen-bond acceptors (Lipinski definition) is 2. The highest BCUT2D eigenvalue weighted by atomic mass is 79.9. The van der Waals surface area contributed by atoms with Crippen molar-refractivity contribution in [3.63, 3.8) is 0 Å². The zero-order valence-electron chi connectivity index (χ0n) is 4.80. The van der Waals surface area contributed by atoms with Crippen molar-refractivity contribution in [2.24, 2.45) is 0 Å². The summed E-state index contributed by atoms with van der Waals surface area (Å²) in [4.78, 5) is 5.09. The summed E-state index contributed by atoms with van der Waals surface area (Å²) in [5, 5.41) is 0.829. The van der Waals surface area contributed by atoms with Crippen molar-refractivity contribution < 1.29 is 0 Å². The zero-order valence-corrected chi connectivity index (χ0v) is 7.20. The van der Waals surface area contributed by atoms with Crippen LogP contribution >= 0.6 is 27.3 Å². The van der Waals surface area contributed by atoms with Gasteiger partial charge in [-0.15, -0.1) is 11.3 Å². The zero-order chi connectivity index (χ0) is 6.69. The molecule has 1 heterocycles. The van der Waals surface area contributed by atoms with Crippen molar-refractivity contribution in [1.82, 2.24) is 4.98 Å². The first-order chi connectivity index (χ1) is 4.34. The molecule has 1 nitrogen and oxygen atoms in total. The van der Waals surface area contributed by atoms with E-state index in [1.807, 2.05) is 11.7 Å². The molecule has 1 aromatic heterocycles. The highest BCUT2D eigenvalue weighted by Crippen LogP contribution is 2.17. The standard InChI is InChI=1S/C6H6BrNS/c1-5(2-7)6-3-8-4-9-6/h3-4H,1-2H2. The Morgan fingerprint density at radius 1 is 1.89 bits per heavy atom. The number of halogens is 1. The molecule has 0 spiro atoms. The van der Waals surface area contributed by atoms with Gasteiger partial charge in [0.25, 0.3) is 0 Å². The van der Waals surface area contributed by atoms with E-state index in [1.165, 1.54) is 0 Å². The highest BCUT2D eigenvalue weighted by molar-refractivity contribution is 9.09. The van der Waals surface area contributed by atoms with Gasteiger partial charge < -0.3 is 0 Å². The number of allylic oxidation sites excluding steroid dienone is 1. The van der Waals surface area contributed by atoms with Gasteiger partial charge in [-0.25, -0.2) is 0 Å². The van der Waals surface area contributed by atoms with E-state index in [9.17, 15) is 0 Å². The molecule has 0 aliphatic rings. The molecule has 0 saturated carbocycles. The fourth-order valence-electron chi connectivity index (χ4n) is 0.456. The van der Waals surface area contributed by atoms with E-state index < -0.39 is 0 Å². The molecule has 0 bridgehead atoms. The molecular formula is C6H6BrNS. The molecule has 0 amide bonds. The molecule has 0 atom stereocenters. The van der Waals surface area contributed by atoms with Gasteiger partial charge >= 0.3 is 0 Å². The predicted molar refractivity (Wildman–Crippen MR) is 44.9 cm³/mol. The second-order valence-corrected chi connectivity index (χ2v) is 3.05. The van der Waals surface area contributed by atoms with Crippen LogP contribution in [0.3, 0.4) is 0 Å². The molecule has 0 saturated heterocycles. The van der Waals surface area contributed by atoms with Crippen LogP contribution in [0.4, 0.5) is 0 Å². The summed E-state index contributed by atoms with van der Waals surface area (Å²) >= 11 is 4.93. The summed E-state index contributed by atoms with van der Waals surface area (Å²) in [6.07, 6.45) is 1.83. The molecule has 9 heavy (non-hydrogen) atoms. The smallest absolute Gasteiger partial charge is 0.0797 e. The number of thiazole rings is 1. The fourth-order valence-corrected chi connectivity index (χ4v) is 1.54. The minimum Gasteiger partial charge on any atom is -0.253 e. The number of nitrogens with zero attached hydrogens (tertiary/aromatic N) is 1. The van der Waals surface area contributed by atoms with Crippen molar-refractivity contribution in [2.75, 3.05) is 5.33 Å². The van der Waals surface area contributed by atoms with Crippen molar-refractivity contribution in [3.05, 3.63) is 23.2 Å². The molecule has 0 aliphatic carbocycles. The molecular weight excluding hydrogens is 198 g/mol. The molecule has 0 fully saturated rings. The Morgan fingerprint density at radius 3 is 3.11 bits per heavy atom. The normalized spacial score (nSPS) is 9.44. The SMILES string of the molecule is C=C(CBr)c1cncs1. The average Bonchev–Trinajstić information content (AvgIpc) is 2.37. The monoisotopic (exact) mass is 203 g/mol. The van der Waals surface area contributed by atoms with E-state index >= 15 is 0 Å². The Morgan fingerprint density at radius 2 is 2.67 bits per heavy atom. The van der Waals surface area contributed by atoms with E-state index in [0.29, 0.717) is 0 Å². The molecule has 0 aromatic carbocycles. The number of rotatable bonds is 2. The summed E-state index contributed by atoms with van der Waals surface area (Å²) in [5.41, 5.74) is 2.90. The summed E-state index contributed by atoms with van der Waals surface area (Å²) in [5.74, 6) is 0. The van der Waals surface area contributed by atoms with Crippen LogP contribution in [0, 0.1) is 0 Å². The number of aromatic nitrogens is 1. The van der Waals surface area contributed by atoms with E-state index in [2.05, 4.69) is 27.5 Å². The summed E-state index contributed by atoms with van der Waals surface area (Å²) in [6.45, 7) is 3.84. The third kappa shape index (κ3) is 1.63. The lowest BCUT2D eigenvalue weighted by molar-refractivity contribution is 1.41. The third-order valence-corrected chi connectivity index (χ3v) is 2.49. The topological polar surface area (TPSA) is 12.9 Å². The maximum atomic E-state index is 3.93. The number of hydrogen-bond donors (Lipinski definition) is 0.